The van der Waals surface area contributed by atoms with Gasteiger partial charge < -0.3 is 10.0 Å². The molecule has 19 heavy (non-hydrogen) atoms. The summed E-state index contributed by atoms with van der Waals surface area (Å²) in [4.78, 5) is 25.8. The van der Waals surface area contributed by atoms with Crippen molar-refractivity contribution < 1.29 is 14.7 Å². The van der Waals surface area contributed by atoms with E-state index in [2.05, 4.69) is 0 Å². The Morgan fingerprint density at radius 3 is 2.53 bits per heavy atom. The second-order valence-corrected chi connectivity index (χ2v) is 4.67. The number of carbonyl (C=O) groups is 2. The number of anilines is 1. The number of aliphatic carboxylic acids is 1. The topological polar surface area (TPSA) is 60.9 Å². The summed E-state index contributed by atoms with van der Waals surface area (Å²) in [6, 6.07) is 7.14. The minimum atomic E-state index is -0.993. The van der Waals surface area contributed by atoms with Gasteiger partial charge in [0.15, 0.2) is 0 Å². The first-order valence-corrected chi connectivity index (χ1v) is 6.58. The van der Waals surface area contributed by atoms with Crippen molar-refractivity contribution in [2.45, 2.75) is 12.3 Å². The fourth-order valence-electron chi connectivity index (χ4n) is 2.10. The highest BCUT2D eigenvalue weighted by molar-refractivity contribution is 6.17. The number of carboxylic acids is 1. The van der Waals surface area contributed by atoms with Gasteiger partial charge in [-0.2, -0.15) is 0 Å². The van der Waals surface area contributed by atoms with E-state index in [1.165, 1.54) is 4.90 Å². The molecule has 1 fully saturated rings. The van der Waals surface area contributed by atoms with Gasteiger partial charge in [0.25, 0.3) is 0 Å². The normalized spacial score (nSPS) is 15.7. The van der Waals surface area contributed by atoms with Gasteiger partial charge in [0.2, 0.25) is 0 Å². The Balaban J connectivity index is 2.14. The van der Waals surface area contributed by atoms with Crippen molar-refractivity contribution in [3.63, 3.8) is 0 Å². The molecule has 0 saturated carbocycles. The van der Waals surface area contributed by atoms with Gasteiger partial charge in [0, 0.05) is 24.7 Å². The van der Waals surface area contributed by atoms with Gasteiger partial charge in [-0.15, -0.1) is 11.6 Å². The molecule has 0 atom stereocenters. The van der Waals surface area contributed by atoms with Crippen LogP contribution in [0.5, 0.6) is 0 Å². The van der Waals surface area contributed by atoms with Gasteiger partial charge in [-0.05, 0) is 24.1 Å². The van der Waals surface area contributed by atoms with Crippen LogP contribution in [-0.4, -0.2) is 41.6 Å². The number of halogens is 1. The highest BCUT2D eigenvalue weighted by atomic mass is 35.5. The number of rotatable bonds is 4. The average Bonchev–Trinajstić information content (AvgIpc) is 2.41. The van der Waals surface area contributed by atoms with E-state index in [0.717, 1.165) is 17.7 Å². The van der Waals surface area contributed by atoms with E-state index in [-0.39, 0.29) is 12.6 Å². The van der Waals surface area contributed by atoms with Crippen LogP contribution in [0.1, 0.15) is 12.0 Å². The second-order valence-electron chi connectivity index (χ2n) is 4.40. The van der Waals surface area contributed by atoms with Crippen molar-refractivity contribution in [2.24, 2.45) is 0 Å². The van der Waals surface area contributed by atoms with Crippen LogP contribution in [0.4, 0.5) is 10.5 Å². The molecule has 0 bridgehead atoms. The van der Waals surface area contributed by atoms with Crippen molar-refractivity contribution in [3.8, 4) is 0 Å². The Hall–Kier alpha value is -1.75. The van der Waals surface area contributed by atoms with Crippen molar-refractivity contribution in [1.29, 1.82) is 0 Å². The summed E-state index contributed by atoms with van der Waals surface area (Å²) < 4.78 is 0. The molecule has 2 amide bonds. The Morgan fingerprint density at radius 1 is 1.26 bits per heavy atom. The van der Waals surface area contributed by atoms with Gasteiger partial charge >= 0.3 is 12.0 Å². The third kappa shape index (κ3) is 3.17. The summed E-state index contributed by atoms with van der Waals surface area (Å²) in [6.45, 7) is 0.839. The molecule has 1 aromatic carbocycles. The molecule has 2 rings (SSSR count). The number of hydrogen-bond acceptors (Lipinski definition) is 2. The van der Waals surface area contributed by atoms with Crippen molar-refractivity contribution in [2.75, 3.05) is 24.5 Å². The summed E-state index contributed by atoms with van der Waals surface area (Å²) >= 11 is 5.72. The molecule has 5 nitrogen and oxygen atoms in total. The summed E-state index contributed by atoms with van der Waals surface area (Å²) in [6.07, 6.45) is 0.760. The number of urea groups is 1. The van der Waals surface area contributed by atoms with Crippen molar-refractivity contribution >= 4 is 29.3 Å². The van der Waals surface area contributed by atoms with Crippen LogP contribution < -0.4 is 4.90 Å². The van der Waals surface area contributed by atoms with E-state index in [1.807, 2.05) is 24.3 Å². The van der Waals surface area contributed by atoms with Crippen molar-refractivity contribution in [1.82, 2.24) is 4.90 Å². The van der Waals surface area contributed by atoms with Crippen LogP contribution in [0.3, 0.4) is 0 Å². The molecule has 1 N–H and O–H groups in total. The maximum atomic E-state index is 12.2. The monoisotopic (exact) mass is 282 g/mol. The predicted octanol–water partition coefficient (Wildman–Crippen LogP) is 2.14. The van der Waals surface area contributed by atoms with Crippen LogP contribution in [0, 0.1) is 0 Å². The standard InChI is InChI=1S/C13H15ClN2O3/c14-8-10-2-4-11(5-3-10)16-7-1-6-15(13(16)19)9-12(17)18/h2-5H,1,6-9H2,(H,17,18). The molecule has 0 radical (unpaired) electrons. The van der Waals surface area contributed by atoms with Gasteiger partial charge in [0.05, 0.1) is 0 Å². The zero-order valence-electron chi connectivity index (χ0n) is 10.4. The fourth-order valence-corrected chi connectivity index (χ4v) is 2.27. The highest BCUT2D eigenvalue weighted by Gasteiger charge is 2.27. The Labute approximate surface area is 116 Å². The van der Waals surface area contributed by atoms with Crippen LogP contribution in [0.2, 0.25) is 0 Å². The van der Waals surface area contributed by atoms with E-state index in [4.69, 9.17) is 16.7 Å². The molecule has 1 aromatic rings. The number of benzene rings is 1. The lowest BCUT2D eigenvalue weighted by atomic mass is 10.2. The Kier molecular flexibility index (Phi) is 4.27. The maximum Gasteiger partial charge on any atom is 0.325 e. The molecule has 0 aliphatic carbocycles. The quantitative estimate of drug-likeness (QED) is 0.861. The van der Waals surface area contributed by atoms with Crippen LogP contribution in [-0.2, 0) is 10.7 Å². The third-order valence-electron chi connectivity index (χ3n) is 3.04. The van der Waals surface area contributed by atoms with E-state index in [9.17, 15) is 9.59 Å². The molecular weight excluding hydrogens is 268 g/mol. The minimum Gasteiger partial charge on any atom is -0.480 e. The van der Waals surface area contributed by atoms with E-state index in [0.29, 0.717) is 19.0 Å². The smallest absolute Gasteiger partial charge is 0.325 e. The van der Waals surface area contributed by atoms with Gasteiger partial charge in [-0.25, -0.2) is 4.79 Å². The highest BCUT2D eigenvalue weighted by Crippen LogP contribution is 2.21. The number of alkyl halides is 1. The summed E-state index contributed by atoms with van der Waals surface area (Å²) in [5, 5.41) is 8.78. The summed E-state index contributed by atoms with van der Waals surface area (Å²) in [7, 11) is 0. The number of carboxylic acid groups (broad SMARTS) is 1. The lowest BCUT2D eigenvalue weighted by Gasteiger charge is -2.34. The van der Waals surface area contributed by atoms with Crippen LogP contribution in [0.25, 0.3) is 0 Å². The largest absolute Gasteiger partial charge is 0.480 e. The predicted molar refractivity (Wildman–Crippen MR) is 72.6 cm³/mol. The molecule has 1 aliphatic rings. The first kappa shape index (κ1) is 13.7. The molecular formula is C13H15ClN2O3. The molecule has 1 heterocycles. The molecule has 1 saturated heterocycles. The zero-order valence-corrected chi connectivity index (χ0v) is 11.1. The first-order valence-electron chi connectivity index (χ1n) is 6.05. The average molecular weight is 283 g/mol. The molecule has 1 aliphatic heterocycles. The Bertz CT molecular complexity index is 475. The second kappa shape index (κ2) is 5.93. The Morgan fingerprint density at radius 2 is 1.95 bits per heavy atom. The number of hydrogen-bond donors (Lipinski definition) is 1. The van der Waals surface area contributed by atoms with Crippen LogP contribution >= 0.6 is 11.6 Å². The molecule has 0 spiro atoms. The minimum absolute atomic E-state index is 0.255. The summed E-state index contributed by atoms with van der Waals surface area (Å²) in [5.41, 5.74) is 1.76. The lowest BCUT2D eigenvalue weighted by Crippen LogP contribution is -2.51. The van der Waals surface area contributed by atoms with Gasteiger partial charge in [-0.3, -0.25) is 9.69 Å². The number of carbonyl (C=O) groups excluding carboxylic acids is 1. The molecule has 6 heteroatoms. The fraction of sp³-hybridized carbons (Fsp3) is 0.385. The third-order valence-corrected chi connectivity index (χ3v) is 3.35. The maximum absolute atomic E-state index is 12.2. The lowest BCUT2D eigenvalue weighted by molar-refractivity contribution is -0.137. The van der Waals surface area contributed by atoms with E-state index < -0.39 is 5.97 Å². The SMILES string of the molecule is O=C(O)CN1CCCN(c2ccc(CCl)cc2)C1=O. The summed E-state index contributed by atoms with van der Waals surface area (Å²) in [5.74, 6) is -0.563. The molecule has 102 valence electrons. The molecule has 0 unspecified atom stereocenters. The van der Waals surface area contributed by atoms with E-state index in [1.54, 1.807) is 4.90 Å². The van der Waals surface area contributed by atoms with Crippen LogP contribution in [0.15, 0.2) is 24.3 Å². The first-order chi connectivity index (χ1) is 9.11. The van der Waals surface area contributed by atoms with Crippen molar-refractivity contribution in [3.05, 3.63) is 29.8 Å². The molecule has 0 aromatic heterocycles. The van der Waals surface area contributed by atoms with E-state index >= 15 is 0 Å². The zero-order chi connectivity index (χ0) is 13.8. The number of nitrogens with zero attached hydrogens (tertiary/aromatic N) is 2. The van der Waals surface area contributed by atoms with Gasteiger partial charge in [0.1, 0.15) is 6.54 Å². The number of amides is 2. The van der Waals surface area contributed by atoms with Gasteiger partial charge in [-0.1, -0.05) is 12.1 Å².